The molecule has 0 radical (unpaired) electrons. The van der Waals surface area contributed by atoms with E-state index in [1.807, 2.05) is 0 Å². The van der Waals surface area contributed by atoms with Crippen molar-refractivity contribution in [3.8, 4) is 0 Å². The van der Waals surface area contributed by atoms with Crippen molar-refractivity contribution < 1.29 is 0 Å². The molecular weight excluding hydrogens is 206 g/mol. The van der Waals surface area contributed by atoms with E-state index in [0.29, 0.717) is 6.54 Å². The molecule has 4 heteroatoms. The number of aryl methyl sites for hydroxylation is 2. The summed E-state index contributed by atoms with van der Waals surface area (Å²) in [7, 11) is 0. The third-order valence-corrected chi connectivity index (χ3v) is 3.51. The van der Waals surface area contributed by atoms with Gasteiger partial charge >= 0.3 is 0 Å². The molecule has 0 fully saturated rings. The lowest BCUT2D eigenvalue weighted by Gasteiger charge is -1.96. The molecule has 0 saturated carbocycles. The Labute approximate surface area is 93.3 Å². The second kappa shape index (κ2) is 4.16. The summed E-state index contributed by atoms with van der Waals surface area (Å²) in [5, 5.41) is 4.19. The van der Waals surface area contributed by atoms with Gasteiger partial charge in [-0.05, 0) is 25.0 Å². The number of nitrogens with two attached hydrogens (primary N) is 1. The van der Waals surface area contributed by atoms with Gasteiger partial charge in [-0.1, -0.05) is 23.5 Å². The highest BCUT2D eigenvalue weighted by molar-refractivity contribution is 7.22. The Morgan fingerprint density at radius 2 is 2.07 bits per heavy atom. The zero-order valence-corrected chi connectivity index (χ0v) is 9.82. The van der Waals surface area contributed by atoms with Crippen LogP contribution in [-0.4, -0.2) is 18.1 Å². The average Bonchev–Trinajstić information content (AvgIpc) is 2.66. The van der Waals surface area contributed by atoms with Crippen LogP contribution in [0, 0.1) is 13.8 Å². The van der Waals surface area contributed by atoms with Crippen molar-refractivity contribution in [2.45, 2.75) is 13.8 Å². The predicted molar refractivity (Wildman–Crippen MR) is 66.6 cm³/mol. The molecule has 80 valence electrons. The van der Waals surface area contributed by atoms with Crippen LogP contribution >= 0.6 is 11.3 Å². The summed E-state index contributed by atoms with van der Waals surface area (Å²) in [6, 6.07) is 4.26. The van der Waals surface area contributed by atoms with Gasteiger partial charge in [0.1, 0.15) is 0 Å². The topological polar surface area (TPSA) is 50.9 Å². The summed E-state index contributed by atoms with van der Waals surface area (Å²) in [6.45, 7) is 5.62. The Morgan fingerprint density at radius 1 is 1.33 bits per heavy atom. The van der Waals surface area contributed by atoms with Crippen molar-refractivity contribution in [3.05, 3.63) is 23.3 Å². The highest BCUT2D eigenvalue weighted by Crippen LogP contribution is 2.30. The van der Waals surface area contributed by atoms with Crippen LogP contribution in [0.2, 0.25) is 0 Å². The Bertz CT molecular complexity index is 437. The number of rotatable bonds is 3. The van der Waals surface area contributed by atoms with Crippen LogP contribution < -0.4 is 11.1 Å². The molecule has 0 aliphatic heterocycles. The fraction of sp³-hybridized carbons (Fsp3) is 0.364. The number of thiazole rings is 1. The third kappa shape index (κ3) is 1.96. The SMILES string of the molecule is Cc1ccc(C)c2sc(NCCN)nc12. The van der Waals surface area contributed by atoms with Gasteiger partial charge in [0, 0.05) is 13.1 Å². The predicted octanol–water partition coefficient (Wildman–Crippen LogP) is 2.28. The van der Waals surface area contributed by atoms with E-state index in [-0.39, 0.29) is 0 Å². The van der Waals surface area contributed by atoms with Crippen molar-refractivity contribution in [2.24, 2.45) is 5.73 Å². The Kier molecular flexibility index (Phi) is 2.88. The Balaban J connectivity index is 2.45. The maximum atomic E-state index is 5.44. The minimum Gasteiger partial charge on any atom is -0.360 e. The van der Waals surface area contributed by atoms with Gasteiger partial charge in [0.2, 0.25) is 0 Å². The van der Waals surface area contributed by atoms with Gasteiger partial charge in [-0.25, -0.2) is 4.98 Å². The Hall–Kier alpha value is -1.13. The lowest BCUT2D eigenvalue weighted by Crippen LogP contribution is -2.12. The van der Waals surface area contributed by atoms with Gasteiger partial charge < -0.3 is 11.1 Å². The summed E-state index contributed by atoms with van der Waals surface area (Å²) in [6.07, 6.45) is 0. The summed E-state index contributed by atoms with van der Waals surface area (Å²) < 4.78 is 1.27. The molecule has 0 aliphatic rings. The molecule has 0 unspecified atom stereocenters. The van der Waals surface area contributed by atoms with Crippen LogP contribution in [0.4, 0.5) is 5.13 Å². The van der Waals surface area contributed by atoms with Crippen LogP contribution in [0.3, 0.4) is 0 Å². The molecule has 0 bridgehead atoms. The number of anilines is 1. The van der Waals surface area contributed by atoms with Crippen LogP contribution in [0.15, 0.2) is 12.1 Å². The molecule has 0 saturated heterocycles. The first-order valence-corrected chi connectivity index (χ1v) is 5.84. The van der Waals surface area contributed by atoms with Gasteiger partial charge in [0.25, 0.3) is 0 Å². The third-order valence-electron chi connectivity index (χ3n) is 2.36. The van der Waals surface area contributed by atoms with Gasteiger partial charge in [-0.15, -0.1) is 0 Å². The van der Waals surface area contributed by atoms with Gasteiger partial charge in [-0.3, -0.25) is 0 Å². The summed E-state index contributed by atoms with van der Waals surface area (Å²) in [5.41, 5.74) is 9.07. The molecule has 3 nitrogen and oxygen atoms in total. The molecule has 0 amide bonds. The standard InChI is InChI=1S/C11H15N3S/c1-7-3-4-8(2)10-9(7)14-11(15-10)13-6-5-12/h3-4H,5-6,12H2,1-2H3,(H,13,14). The van der Waals surface area contributed by atoms with Crippen molar-refractivity contribution in [3.63, 3.8) is 0 Å². The van der Waals surface area contributed by atoms with E-state index in [2.05, 4.69) is 36.3 Å². The second-order valence-corrected chi connectivity index (χ2v) is 4.61. The number of nitrogens with one attached hydrogen (secondary N) is 1. The number of aromatic nitrogens is 1. The molecule has 3 N–H and O–H groups in total. The number of benzene rings is 1. The van der Waals surface area contributed by atoms with E-state index in [4.69, 9.17) is 5.73 Å². The monoisotopic (exact) mass is 221 g/mol. The number of hydrogen-bond acceptors (Lipinski definition) is 4. The lowest BCUT2D eigenvalue weighted by atomic mass is 10.1. The summed E-state index contributed by atoms with van der Waals surface area (Å²) in [4.78, 5) is 4.56. The maximum Gasteiger partial charge on any atom is 0.183 e. The largest absolute Gasteiger partial charge is 0.360 e. The highest BCUT2D eigenvalue weighted by Gasteiger charge is 2.07. The normalized spacial score (nSPS) is 10.9. The molecule has 0 spiro atoms. The molecule has 15 heavy (non-hydrogen) atoms. The van der Waals surface area contributed by atoms with Crippen molar-refractivity contribution in [1.82, 2.24) is 4.98 Å². The summed E-state index contributed by atoms with van der Waals surface area (Å²) in [5.74, 6) is 0. The molecule has 0 aliphatic carbocycles. The smallest absolute Gasteiger partial charge is 0.183 e. The first kappa shape index (κ1) is 10.4. The van der Waals surface area contributed by atoms with E-state index < -0.39 is 0 Å². The second-order valence-electron chi connectivity index (χ2n) is 3.61. The first-order chi connectivity index (χ1) is 7.22. The van der Waals surface area contributed by atoms with E-state index in [9.17, 15) is 0 Å². The maximum absolute atomic E-state index is 5.44. The Morgan fingerprint density at radius 3 is 2.73 bits per heavy atom. The number of hydrogen-bond donors (Lipinski definition) is 2. The minimum absolute atomic E-state index is 0.633. The molecular formula is C11H15N3S. The van der Waals surface area contributed by atoms with Crippen LogP contribution in [-0.2, 0) is 0 Å². The molecule has 2 aromatic rings. The zero-order valence-electron chi connectivity index (χ0n) is 9.00. The fourth-order valence-corrected chi connectivity index (χ4v) is 2.55. The molecule has 1 aromatic carbocycles. The van der Waals surface area contributed by atoms with Crippen LogP contribution in [0.5, 0.6) is 0 Å². The van der Waals surface area contributed by atoms with Gasteiger partial charge in [0.15, 0.2) is 5.13 Å². The fourth-order valence-electron chi connectivity index (χ4n) is 1.51. The number of fused-ring (bicyclic) bond motifs is 1. The van der Waals surface area contributed by atoms with Crippen LogP contribution in [0.25, 0.3) is 10.2 Å². The quantitative estimate of drug-likeness (QED) is 0.836. The van der Waals surface area contributed by atoms with Crippen molar-refractivity contribution in [2.75, 3.05) is 18.4 Å². The molecule has 1 aromatic heterocycles. The van der Waals surface area contributed by atoms with E-state index >= 15 is 0 Å². The average molecular weight is 221 g/mol. The minimum atomic E-state index is 0.633. The molecule has 2 rings (SSSR count). The van der Waals surface area contributed by atoms with Gasteiger partial charge in [0.05, 0.1) is 10.2 Å². The highest BCUT2D eigenvalue weighted by atomic mass is 32.1. The number of nitrogens with zero attached hydrogens (tertiary/aromatic N) is 1. The van der Waals surface area contributed by atoms with E-state index in [0.717, 1.165) is 17.2 Å². The first-order valence-electron chi connectivity index (χ1n) is 5.03. The van der Waals surface area contributed by atoms with Crippen molar-refractivity contribution in [1.29, 1.82) is 0 Å². The van der Waals surface area contributed by atoms with E-state index in [1.54, 1.807) is 11.3 Å². The molecule has 1 heterocycles. The summed E-state index contributed by atoms with van der Waals surface area (Å²) >= 11 is 1.70. The zero-order chi connectivity index (χ0) is 10.8. The van der Waals surface area contributed by atoms with Gasteiger partial charge in [-0.2, -0.15) is 0 Å². The van der Waals surface area contributed by atoms with E-state index in [1.165, 1.54) is 15.8 Å². The lowest BCUT2D eigenvalue weighted by molar-refractivity contribution is 1.02. The van der Waals surface area contributed by atoms with Crippen LogP contribution in [0.1, 0.15) is 11.1 Å². The van der Waals surface area contributed by atoms with Crippen molar-refractivity contribution >= 4 is 26.7 Å². The molecule has 0 atom stereocenters.